The quantitative estimate of drug-likeness (QED) is 0.865. The van der Waals surface area contributed by atoms with Crippen LogP contribution in [-0.4, -0.2) is 19.2 Å². The molecule has 94 valence electrons. The van der Waals surface area contributed by atoms with Gasteiger partial charge in [-0.15, -0.1) is 0 Å². The molecule has 0 saturated carbocycles. The second-order valence-corrected chi connectivity index (χ2v) is 3.67. The van der Waals surface area contributed by atoms with Gasteiger partial charge in [-0.1, -0.05) is 0 Å². The Morgan fingerprint density at radius 3 is 2.61 bits per heavy atom. The lowest BCUT2D eigenvalue weighted by molar-refractivity contribution is 0.405. The lowest BCUT2D eigenvalue weighted by Crippen LogP contribution is -1.98. The van der Waals surface area contributed by atoms with Crippen LogP contribution in [0.3, 0.4) is 0 Å². The zero-order valence-electron chi connectivity index (χ0n) is 10.3. The van der Waals surface area contributed by atoms with Gasteiger partial charge in [0.15, 0.2) is 0 Å². The number of nitrogen functional groups attached to an aromatic ring is 1. The first-order chi connectivity index (χ1) is 8.72. The maximum atomic E-state index is 5.70. The number of anilines is 3. The second-order valence-electron chi connectivity index (χ2n) is 3.67. The summed E-state index contributed by atoms with van der Waals surface area (Å²) in [5, 5.41) is 3.14. The standard InChI is InChI=1S/C13H15N3O2/c1-17-10-3-4-12(18-2)11(8-10)16-13-7-9(14)5-6-15-13/h3-8H,1-2H3,(H3,14,15,16). The Labute approximate surface area is 106 Å². The molecule has 1 aromatic heterocycles. The summed E-state index contributed by atoms with van der Waals surface area (Å²) in [6.45, 7) is 0. The van der Waals surface area contributed by atoms with Gasteiger partial charge in [-0.05, 0) is 18.2 Å². The van der Waals surface area contributed by atoms with Gasteiger partial charge in [0.05, 0.1) is 19.9 Å². The SMILES string of the molecule is COc1ccc(OC)c(Nc2cc(N)ccn2)c1. The average molecular weight is 245 g/mol. The highest BCUT2D eigenvalue weighted by Gasteiger charge is 2.06. The van der Waals surface area contributed by atoms with E-state index in [-0.39, 0.29) is 0 Å². The van der Waals surface area contributed by atoms with Crippen LogP contribution in [0.2, 0.25) is 0 Å². The van der Waals surface area contributed by atoms with E-state index in [1.54, 1.807) is 32.5 Å². The summed E-state index contributed by atoms with van der Waals surface area (Å²) in [4.78, 5) is 4.18. The van der Waals surface area contributed by atoms with E-state index in [9.17, 15) is 0 Å². The van der Waals surface area contributed by atoms with Crippen LogP contribution in [0.4, 0.5) is 17.2 Å². The number of pyridine rings is 1. The van der Waals surface area contributed by atoms with Gasteiger partial charge in [-0.2, -0.15) is 0 Å². The van der Waals surface area contributed by atoms with Gasteiger partial charge in [0, 0.05) is 24.0 Å². The van der Waals surface area contributed by atoms with Gasteiger partial charge in [-0.25, -0.2) is 4.98 Å². The predicted molar refractivity (Wildman–Crippen MR) is 71.5 cm³/mol. The third-order valence-electron chi connectivity index (χ3n) is 2.45. The number of aromatic nitrogens is 1. The third kappa shape index (κ3) is 2.63. The van der Waals surface area contributed by atoms with Crippen LogP contribution in [0.25, 0.3) is 0 Å². The fourth-order valence-corrected chi connectivity index (χ4v) is 1.56. The molecule has 0 saturated heterocycles. The average Bonchev–Trinajstić information content (AvgIpc) is 2.38. The molecule has 2 rings (SSSR count). The monoisotopic (exact) mass is 245 g/mol. The van der Waals surface area contributed by atoms with E-state index in [0.717, 1.165) is 11.4 Å². The van der Waals surface area contributed by atoms with Crippen LogP contribution < -0.4 is 20.5 Å². The van der Waals surface area contributed by atoms with Crippen molar-refractivity contribution in [3.8, 4) is 11.5 Å². The maximum Gasteiger partial charge on any atom is 0.142 e. The van der Waals surface area contributed by atoms with Crippen LogP contribution in [0, 0.1) is 0 Å². The van der Waals surface area contributed by atoms with Crippen molar-refractivity contribution in [1.82, 2.24) is 4.98 Å². The number of ether oxygens (including phenoxy) is 2. The van der Waals surface area contributed by atoms with Crippen molar-refractivity contribution in [2.45, 2.75) is 0 Å². The summed E-state index contributed by atoms with van der Waals surface area (Å²) in [6, 6.07) is 8.97. The van der Waals surface area contributed by atoms with E-state index in [1.165, 1.54) is 0 Å². The number of methoxy groups -OCH3 is 2. The first-order valence-electron chi connectivity index (χ1n) is 5.43. The number of hydrogen-bond donors (Lipinski definition) is 2. The Morgan fingerprint density at radius 1 is 1.11 bits per heavy atom. The summed E-state index contributed by atoms with van der Waals surface area (Å²) in [6.07, 6.45) is 1.64. The molecule has 3 N–H and O–H groups in total. The number of nitrogens with two attached hydrogens (primary N) is 1. The molecule has 2 aromatic rings. The smallest absolute Gasteiger partial charge is 0.142 e. The minimum Gasteiger partial charge on any atom is -0.497 e. The number of rotatable bonds is 4. The van der Waals surface area contributed by atoms with Gasteiger partial charge in [0.2, 0.25) is 0 Å². The summed E-state index contributed by atoms with van der Waals surface area (Å²) in [5.74, 6) is 2.10. The van der Waals surface area contributed by atoms with Gasteiger partial charge in [0.25, 0.3) is 0 Å². The highest BCUT2D eigenvalue weighted by Crippen LogP contribution is 2.31. The molecular weight excluding hydrogens is 230 g/mol. The van der Waals surface area contributed by atoms with E-state index in [0.29, 0.717) is 17.3 Å². The van der Waals surface area contributed by atoms with Crippen molar-refractivity contribution in [1.29, 1.82) is 0 Å². The molecule has 0 aliphatic carbocycles. The molecule has 0 spiro atoms. The lowest BCUT2D eigenvalue weighted by Gasteiger charge is -2.12. The van der Waals surface area contributed by atoms with Crippen molar-refractivity contribution < 1.29 is 9.47 Å². The van der Waals surface area contributed by atoms with Gasteiger partial charge in [0.1, 0.15) is 17.3 Å². The highest BCUT2D eigenvalue weighted by atomic mass is 16.5. The van der Waals surface area contributed by atoms with Gasteiger partial charge in [-0.3, -0.25) is 0 Å². The Hall–Kier alpha value is -2.43. The van der Waals surface area contributed by atoms with Crippen molar-refractivity contribution in [2.24, 2.45) is 0 Å². The zero-order chi connectivity index (χ0) is 13.0. The van der Waals surface area contributed by atoms with E-state index in [1.807, 2.05) is 18.2 Å². The number of nitrogens with zero attached hydrogens (tertiary/aromatic N) is 1. The second kappa shape index (κ2) is 5.27. The molecule has 0 aliphatic rings. The molecule has 18 heavy (non-hydrogen) atoms. The Balaban J connectivity index is 2.32. The van der Waals surface area contributed by atoms with Crippen LogP contribution in [0.5, 0.6) is 11.5 Å². The molecule has 0 bridgehead atoms. The van der Waals surface area contributed by atoms with Crippen molar-refractivity contribution >= 4 is 17.2 Å². The molecule has 0 amide bonds. The Kier molecular flexibility index (Phi) is 3.52. The zero-order valence-corrected chi connectivity index (χ0v) is 10.3. The topological polar surface area (TPSA) is 69.4 Å². The van der Waals surface area contributed by atoms with Gasteiger partial charge >= 0.3 is 0 Å². The Bertz CT molecular complexity index is 544. The molecule has 5 heteroatoms. The summed E-state index contributed by atoms with van der Waals surface area (Å²) < 4.78 is 10.4. The first kappa shape index (κ1) is 12.0. The normalized spacial score (nSPS) is 9.89. The fourth-order valence-electron chi connectivity index (χ4n) is 1.56. The number of hydrogen-bond acceptors (Lipinski definition) is 5. The van der Waals surface area contributed by atoms with Crippen molar-refractivity contribution in [3.05, 3.63) is 36.5 Å². The molecule has 0 unspecified atom stereocenters. The number of benzene rings is 1. The highest BCUT2D eigenvalue weighted by molar-refractivity contribution is 5.67. The van der Waals surface area contributed by atoms with E-state index in [2.05, 4.69) is 10.3 Å². The van der Waals surface area contributed by atoms with Gasteiger partial charge < -0.3 is 20.5 Å². The molecule has 1 heterocycles. The minimum absolute atomic E-state index is 0.648. The van der Waals surface area contributed by atoms with Crippen LogP contribution >= 0.6 is 0 Å². The summed E-state index contributed by atoms with van der Waals surface area (Å²) in [5.41, 5.74) is 7.12. The molecule has 0 atom stereocenters. The molecule has 5 nitrogen and oxygen atoms in total. The largest absolute Gasteiger partial charge is 0.497 e. The van der Waals surface area contributed by atoms with Crippen molar-refractivity contribution in [3.63, 3.8) is 0 Å². The third-order valence-corrected chi connectivity index (χ3v) is 2.45. The van der Waals surface area contributed by atoms with E-state index in [4.69, 9.17) is 15.2 Å². The lowest BCUT2D eigenvalue weighted by atomic mass is 10.2. The molecule has 0 aliphatic heterocycles. The predicted octanol–water partition coefficient (Wildman–Crippen LogP) is 2.42. The minimum atomic E-state index is 0.648. The van der Waals surface area contributed by atoms with Crippen LogP contribution in [0.1, 0.15) is 0 Å². The molecule has 1 aromatic carbocycles. The summed E-state index contributed by atoms with van der Waals surface area (Å²) >= 11 is 0. The van der Waals surface area contributed by atoms with Crippen LogP contribution in [-0.2, 0) is 0 Å². The maximum absolute atomic E-state index is 5.70. The number of nitrogens with one attached hydrogen (secondary N) is 1. The van der Waals surface area contributed by atoms with Crippen LogP contribution in [0.15, 0.2) is 36.5 Å². The Morgan fingerprint density at radius 2 is 1.94 bits per heavy atom. The molecule has 0 fully saturated rings. The van der Waals surface area contributed by atoms with E-state index < -0.39 is 0 Å². The fraction of sp³-hybridized carbons (Fsp3) is 0.154. The van der Waals surface area contributed by atoms with Crippen molar-refractivity contribution in [2.75, 3.05) is 25.3 Å². The van der Waals surface area contributed by atoms with E-state index >= 15 is 0 Å². The first-order valence-corrected chi connectivity index (χ1v) is 5.43. The summed E-state index contributed by atoms with van der Waals surface area (Å²) in [7, 11) is 3.23. The molecular formula is C13H15N3O2. The molecule has 0 radical (unpaired) electrons.